The molecule has 3 amide bonds. The molecule has 3 fully saturated rings. The molecule has 10 heteroatoms. The maximum Gasteiger partial charge on any atom is 0.244 e. The second-order valence-corrected chi connectivity index (χ2v) is 11.1. The number of carbonyl (C=O) groups excluding carboxylic acids is 3. The highest BCUT2D eigenvalue weighted by Gasteiger charge is 2.69. The van der Waals surface area contributed by atoms with E-state index in [1.807, 2.05) is 10.9 Å². The second kappa shape index (κ2) is 8.94. The van der Waals surface area contributed by atoms with E-state index in [-0.39, 0.29) is 47.4 Å². The third kappa shape index (κ3) is 4.20. The van der Waals surface area contributed by atoms with Crippen LogP contribution in [-0.4, -0.2) is 75.6 Å². The molecule has 35 heavy (non-hydrogen) atoms. The molecule has 1 aromatic rings. The van der Waals surface area contributed by atoms with Crippen LogP contribution in [0.2, 0.25) is 0 Å². The van der Waals surface area contributed by atoms with E-state index in [2.05, 4.69) is 47.5 Å². The average molecular weight is 482 g/mol. The fourth-order valence-corrected chi connectivity index (χ4v) is 6.46. The van der Waals surface area contributed by atoms with E-state index >= 15 is 0 Å². The summed E-state index contributed by atoms with van der Waals surface area (Å²) in [5.74, 6) is -0.247. The molecule has 2 saturated heterocycles. The number of likely N-dealkylation sites (tertiary alicyclic amines) is 1. The van der Waals surface area contributed by atoms with Crippen molar-refractivity contribution in [3.8, 4) is 6.07 Å². The number of nitriles is 1. The summed E-state index contributed by atoms with van der Waals surface area (Å²) in [6, 6.07) is 0.830. The van der Waals surface area contributed by atoms with Crippen molar-refractivity contribution in [1.82, 2.24) is 30.2 Å². The molecule has 1 saturated carbocycles. The molecule has 10 nitrogen and oxygen atoms in total. The summed E-state index contributed by atoms with van der Waals surface area (Å²) < 4.78 is 2.02. The molecule has 0 radical (unpaired) electrons. The molecule has 4 aliphatic rings. The Morgan fingerprint density at radius 1 is 1.37 bits per heavy atom. The van der Waals surface area contributed by atoms with E-state index in [1.54, 1.807) is 4.90 Å². The standard InChI is InChI=1S/C25H35N7O3/c1-4-15-11-28-32-8-7-30(13-19(15)32)14-20(33)31-12-18-21(25(18,2)3)22(31)24(35)29-17(10-26)9-16-5-6-27-23(16)34/h11,16-18,21-22H,4-9,12-14H2,1-3H3,(H,27,34)(H,29,35)/t16-,17?,18-,21-,22-/m0/s1. The topological polar surface area (TPSA) is 123 Å². The van der Waals surface area contributed by atoms with Crippen molar-refractivity contribution in [3.63, 3.8) is 0 Å². The number of aromatic nitrogens is 2. The molecule has 0 aromatic carbocycles. The number of amides is 3. The Kier molecular flexibility index (Phi) is 6.08. The molecule has 0 bridgehead atoms. The number of nitrogens with zero attached hydrogens (tertiary/aromatic N) is 5. The molecule has 4 heterocycles. The van der Waals surface area contributed by atoms with Gasteiger partial charge in [-0.25, -0.2) is 0 Å². The number of hydrogen-bond donors (Lipinski definition) is 2. The lowest BCUT2D eigenvalue weighted by Gasteiger charge is -2.34. The highest BCUT2D eigenvalue weighted by atomic mass is 16.2. The molecule has 5 rings (SSSR count). The minimum atomic E-state index is -0.746. The highest BCUT2D eigenvalue weighted by molar-refractivity contribution is 5.90. The van der Waals surface area contributed by atoms with Gasteiger partial charge >= 0.3 is 0 Å². The van der Waals surface area contributed by atoms with Crippen LogP contribution in [0.1, 0.15) is 44.9 Å². The average Bonchev–Trinajstić information content (AvgIpc) is 3.33. The number of hydrogen-bond acceptors (Lipinski definition) is 6. The first-order valence-electron chi connectivity index (χ1n) is 12.8. The van der Waals surface area contributed by atoms with Crippen LogP contribution in [0.5, 0.6) is 0 Å². The van der Waals surface area contributed by atoms with Crippen LogP contribution in [0.25, 0.3) is 0 Å². The lowest BCUT2D eigenvalue weighted by Crippen LogP contribution is -2.54. The Labute approximate surface area is 206 Å². The van der Waals surface area contributed by atoms with Gasteiger partial charge in [0.25, 0.3) is 0 Å². The van der Waals surface area contributed by atoms with Crippen LogP contribution in [0.3, 0.4) is 0 Å². The summed E-state index contributed by atoms with van der Waals surface area (Å²) >= 11 is 0. The molecule has 1 unspecified atom stereocenters. The van der Waals surface area contributed by atoms with Gasteiger partial charge < -0.3 is 15.5 Å². The molecule has 5 atom stereocenters. The van der Waals surface area contributed by atoms with Crippen molar-refractivity contribution < 1.29 is 14.4 Å². The summed E-state index contributed by atoms with van der Waals surface area (Å²) in [7, 11) is 0. The fraction of sp³-hybridized carbons (Fsp3) is 0.720. The summed E-state index contributed by atoms with van der Waals surface area (Å²) in [4.78, 5) is 42.7. The molecule has 188 valence electrons. The first kappa shape index (κ1) is 23.8. The van der Waals surface area contributed by atoms with Crippen LogP contribution in [-0.2, 0) is 33.9 Å². The van der Waals surface area contributed by atoms with E-state index in [0.29, 0.717) is 32.5 Å². The number of fused-ring (bicyclic) bond motifs is 2. The predicted molar refractivity (Wildman–Crippen MR) is 126 cm³/mol. The van der Waals surface area contributed by atoms with Crippen LogP contribution in [0, 0.1) is 34.5 Å². The van der Waals surface area contributed by atoms with E-state index in [4.69, 9.17) is 0 Å². The van der Waals surface area contributed by atoms with Crippen LogP contribution < -0.4 is 10.6 Å². The quantitative estimate of drug-likeness (QED) is 0.577. The Hall–Kier alpha value is -2.93. The molecule has 3 aliphatic heterocycles. The van der Waals surface area contributed by atoms with Crippen LogP contribution in [0.4, 0.5) is 0 Å². The number of nitrogens with one attached hydrogen (secondary N) is 2. The van der Waals surface area contributed by atoms with Crippen LogP contribution >= 0.6 is 0 Å². The van der Waals surface area contributed by atoms with Gasteiger partial charge in [0.2, 0.25) is 17.7 Å². The summed E-state index contributed by atoms with van der Waals surface area (Å²) in [6.45, 7) is 10.0. The maximum absolute atomic E-state index is 13.5. The minimum absolute atomic E-state index is 0.0000834. The van der Waals surface area contributed by atoms with Gasteiger partial charge in [0, 0.05) is 32.1 Å². The summed E-state index contributed by atoms with van der Waals surface area (Å²) in [5.41, 5.74) is 2.38. The normalized spacial score (nSPS) is 29.7. The van der Waals surface area contributed by atoms with Crippen LogP contribution in [0.15, 0.2) is 6.20 Å². The zero-order valence-electron chi connectivity index (χ0n) is 20.8. The van der Waals surface area contributed by atoms with Gasteiger partial charge in [-0.2, -0.15) is 10.4 Å². The summed E-state index contributed by atoms with van der Waals surface area (Å²) in [6.07, 6.45) is 3.80. The molecule has 1 aliphatic carbocycles. The Morgan fingerprint density at radius 2 is 2.17 bits per heavy atom. The minimum Gasteiger partial charge on any atom is -0.356 e. The van der Waals surface area contributed by atoms with E-state index in [9.17, 15) is 19.6 Å². The number of carbonyl (C=O) groups is 3. The second-order valence-electron chi connectivity index (χ2n) is 11.1. The van der Waals surface area contributed by atoms with E-state index in [0.717, 1.165) is 19.5 Å². The van der Waals surface area contributed by atoms with E-state index < -0.39 is 12.1 Å². The molecular weight excluding hydrogens is 446 g/mol. The van der Waals surface area contributed by atoms with Crippen molar-refractivity contribution in [2.24, 2.45) is 23.2 Å². The zero-order chi connectivity index (χ0) is 24.9. The SMILES string of the molecule is CCc1cnn2c1CN(CC(=O)N1C[C@H]3[C@@H]([C@H]1C(=O)NC(C#N)C[C@@H]1CCNC1=O)C3(C)C)CC2. The van der Waals surface area contributed by atoms with Gasteiger partial charge in [-0.3, -0.25) is 24.0 Å². The van der Waals surface area contributed by atoms with Crippen molar-refractivity contribution in [2.45, 2.75) is 65.2 Å². The first-order chi connectivity index (χ1) is 16.7. The maximum atomic E-state index is 13.5. The molecular formula is C25H35N7O3. The van der Waals surface area contributed by atoms with Crippen molar-refractivity contribution in [3.05, 3.63) is 17.5 Å². The van der Waals surface area contributed by atoms with Crippen molar-refractivity contribution in [1.29, 1.82) is 5.26 Å². The number of aryl methyl sites for hydroxylation is 1. The Bertz CT molecular complexity index is 1060. The zero-order valence-corrected chi connectivity index (χ0v) is 20.8. The number of rotatable bonds is 7. The largest absolute Gasteiger partial charge is 0.356 e. The van der Waals surface area contributed by atoms with Gasteiger partial charge in [0.05, 0.1) is 31.0 Å². The number of piperidine rings is 1. The van der Waals surface area contributed by atoms with Gasteiger partial charge in [0.15, 0.2) is 0 Å². The van der Waals surface area contributed by atoms with Crippen molar-refractivity contribution in [2.75, 3.05) is 26.2 Å². The summed E-state index contributed by atoms with van der Waals surface area (Å²) in [5, 5.41) is 19.7. The van der Waals surface area contributed by atoms with Gasteiger partial charge in [0.1, 0.15) is 12.1 Å². The van der Waals surface area contributed by atoms with Gasteiger partial charge in [-0.05, 0) is 42.1 Å². The Morgan fingerprint density at radius 3 is 2.86 bits per heavy atom. The lowest BCUT2D eigenvalue weighted by atomic mass is 9.97. The van der Waals surface area contributed by atoms with Gasteiger partial charge in [-0.15, -0.1) is 0 Å². The van der Waals surface area contributed by atoms with Crippen molar-refractivity contribution >= 4 is 17.7 Å². The first-order valence-corrected chi connectivity index (χ1v) is 12.8. The molecule has 2 N–H and O–H groups in total. The third-order valence-electron chi connectivity index (χ3n) is 8.73. The monoisotopic (exact) mass is 481 g/mol. The third-order valence-corrected chi connectivity index (χ3v) is 8.73. The van der Waals surface area contributed by atoms with Gasteiger partial charge in [-0.1, -0.05) is 20.8 Å². The predicted octanol–water partition coefficient (Wildman–Crippen LogP) is 0.279. The highest BCUT2D eigenvalue weighted by Crippen LogP contribution is 2.64. The smallest absolute Gasteiger partial charge is 0.244 e. The Balaban J connectivity index is 1.25. The lowest BCUT2D eigenvalue weighted by molar-refractivity contribution is -0.141. The molecule has 1 aromatic heterocycles. The molecule has 0 spiro atoms. The fourth-order valence-electron chi connectivity index (χ4n) is 6.46. The van der Waals surface area contributed by atoms with E-state index in [1.165, 1.54) is 11.3 Å².